The van der Waals surface area contributed by atoms with Crippen molar-refractivity contribution >= 4 is 16.9 Å². The third kappa shape index (κ3) is 3.72. The Morgan fingerprint density at radius 2 is 2.22 bits per heavy atom. The predicted molar refractivity (Wildman–Crippen MR) is 104 cm³/mol. The number of carbonyl (C=O) groups is 1. The van der Waals surface area contributed by atoms with E-state index in [1.165, 1.54) is 0 Å². The number of fused-ring (bicyclic) bond motifs is 1. The van der Waals surface area contributed by atoms with Crippen molar-refractivity contribution in [2.75, 3.05) is 0 Å². The lowest BCUT2D eigenvalue weighted by Crippen LogP contribution is -2.36. The highest BCUT2D eigenvalue weighted by Crippen LogP contribution is 2.40. The number of aromatic nitrogens is 5. The Morgan fingerprint density at radius 3 is 2.89 bits per heavy atom. The molecule has 3 heterocycles. The lowest BCUT2D eigenvalue weighted by atomic mass is 10.1. The fourth-order valence-corrected chi connectivity index (χ4v) is 3.41. The van der Waals surface area contributed by atoms with Gasteiger partial charge in [-0.25, -0.2) is 9.67 Å². The smallest absolute Gasteiger partial charge is 0.252 e. The predicted octanol–water partition coefficient (Wildman–Crippen LogP) is 3.04. The molecule has 3 aromatic heterocycles. The van der Waals surface area contributed by atoms with E-state index in [0.717, 1.165) is 48.2 Å². The van der Waals surface area contributed by atoms with Crippen LogP contribution in [0.4, 0.5) is 0 Å². The molecule has 27 heavy (non-hydrogen) atoms. The third-order valence-corrected chi connectivity index (χ3v) is 4.92. The van der Waals surface area contributed by atoms with Gasteiger partial charge < -0.3 is 5.32 Å². The molecule has 1 N–H and O–H groups in total. The molecule has 1 atom stereocenters. The first-order valence-corrected chi connectivity index (χ1v) is 9.72. The Bertz CT molecular complexity index is 968. The van der Waals surface area contributed by atoms with Crippen LogP contribution in [0.25, 0.3) is 11.0 Å². The highest BCUT2D eigenvalue weighted by atomic mass is 16.1. The minimum atomic E-state index is -0.0725. The fraction of sp³-hybridized carbons (Fsp3) is 0.500. The van der Waals surface area contributed by atoms with Crippen molar-refractivity contribution in [3.05, 3.63) is 41.5 Å². The number of pyridine rings is 1. The SMILES string of the molecule is CCCn1ncc2c(C(=O)N[C@H](C)Cn3ccc(C)n3)cc(C3CC3)nc21. The van der Waals surface area contributed by atoms with E-state index >= 15 is 0 Å². The number of carbonyl (C=O) groups excluding carboxylic acids is 1. The van der Waals surface area contributed by atoms with E-state index in [1.807, 2.05) is 41.5 Å². The van der Waals surface area contributed by atoms with Crippen molar-refractivity contribution < 1.29 is 4.79 Å². The Balaban J connectivity index is 1.60. The first kappa shape index (κ1) is 17.7. The molecule has 1 aliphatic carbocycles. The Kier molecular flexibility index (Phi) is 4.68. The monoisotopic (exact) mass is 366 g/mol. The maximum atomic E-state index is 13.0. The van der Waals surface area contributed by atoms with Gasteiger partial charge in [0.15, 0.2) is 5.65 Å². The summed E-state index contributed by atoms with van der Waals surface area (Å²) in [6, 6.07) is 3.89. The minimum absolute atomic E-state index is 0.0323. The summed E-state index contributed by atoms with van der Waals surface area (Å²) in [5.41, 5.74) is 3.48. The number of hydrogen-bond donors (Lipinski definition) is 1. The molecular formula is C20H26N6O. The Morgan fingerprint density at radius 1 is 1.41 bits per heavy atom. The van der Waals surface area contributed by atoms with E-state index in [2.05, 4.69) is 22.4 Å². The van der Waals surface area contributed by atoms with Crippen LogP contribution in [-0.2, 0) is 13.1 Å². The molecule has 142 valence electrons. The summed E-state index contributed by atoms with van der Waals surface area (Å²) < 4.78 is 3.77. The zero-order valence-corrected chi connectivity index (χ0v) is 16.1. The summed E-state index contributed by atoms with van der Waals surface area (Å²) in [5.74, 6) is 0.409. The van der Waals surface area contributed by atoms with Crippen molar-refractivity contribution in [1.29, 1.82) is 0 Å². The standard InChI is InChI=1S/C20H26N6O/c1-4-8-26-19-17(11-21-26)16(10-18(23-19)15-5-6-15)20(27)22-14(3)12-25-9-7-13(2)24-25/h7,9-11,14-15H,4-6,8,12H2,1-3H3,(H,22,27)/t14-/m1/s1. The van der Waals surface area contributed by atoms with Gasteiger partial charge in [-0.05, 0) is 45.2 Å². The van der Waals surface area contributed by atoms with E-state index in [-0.39, 0.29) is 11.9 Å². The number of aryl methyl sites for hydroxylation is 2. The zero-order valence-electron chi connectivity index (χ0n) is 16.1. The summed E-state index contributed by atoms with van der Waals surface area (Å²) in [6.45, 7) is 7.51. The van der Waals surface area contributed by atoms with E-state index in [0.29, 0.717) is 18.0 Å². The number of amides is 1. The van der Waals surface area contributed by atoms with Crippen LogP contribution in [0.15, 0.2) is 24.5 Å². The molecule has 0 bridgehead atoms. The van der Waals surface area contributed by atoms with Crippen molar-refractivity contribution in [1.82, 2.24) is 29.9 Å². The van der Waals surface area contributed by atoms with Crippen molar-refractivity contribution in [2.24, 2.45) is 0 Å². The van der Waals surface area contributed by atoms with E-state index in [4.69, 9.17) is 4.98 Å². The van der Waals surface area contributed by atoms with Gasteiger partial charge in [-0.15, -0.1) is 0 Å². The quantitative estimate of drug-likeness (QED) is 0.697. The first-order chi connectivity index (χ1) is 13.0. The third-order valence-electron chi connectivity index (χ3n) is 4.92. The topological polar surface area (TPSA) is 77.6 Å². The molecule has 0 unspecified atom stereocenters. The average Bonchev–Trinajstić information content (AvgIpc) is 3.30. The lowest BCUT2D eigenvalue weighted by molar-refractivity contribution is 0.0937. The van der Waals surface area contributed by atoms with Gasteiger partial charge in [0.1, 0.15) is 0 Å². The molecule has 1 amide bonds. The molecule has 0 aliphatic heterocycles. The van der Waals surface area contributed by atoms with Gasteiger partial charge in [0.2, 0.25) is 0 Å². The van der Waals surface area contributed by atoms with Crippen molar-refractivity contribution in [3.63, 3.8) is 0 Å². The molecule has 1 saturated carbocycles. The molecule has 1 aliphatic rings. The van der Waals surface area contributed by atoms with Gasteiger partial charge in [-0.3, -0.25) is 9.48 Å². The van der Waals surface area contributed by atoms with Crippen LogP contribution in [-0.4, -0.2) is 36.5 Å². The van der Waals surface area contributed by atoms with Crippen LogP contribution in [0.3, 0.4) is 0 Å². The minimum Gasteiger partial charge on any atom is -0.348 e. The van der Waals surface area contributed by atoms with Gasteiger partial charge in [0.05, 0.1) is 29.4 Å². The number of nitrogens with one attached hydrogen (secondary N) is 1. The molecule has 0 saturated heterocycles. The molecule has 7 nitrogen and oxygen atoms in total. The fourth-order valence-electron chi connectivity index (χ4n) is 3.41. The molecule has 0 radical (unpaired) electrons. The van der Waals surface area contributed by atoms with Crippen LogP contribution in [0, 0.1) is 6.92 Å². The molecule has 0 aromatic carbocycles. The highest BCUT2D eigenvalue weighted by Gasteiger charge is 2.28. The summed E-state index contributed by atoms with van der Waals surface area (Å²) in [5, 5.41) is 12.8. The number of nitrogens with zero attached hydrogens (tertiary/aromatic N) is 5. The summed E-state index contributed by atoms with van der Waals surface area (Å²) in [6.07, 6.45) is 6.98. The van der Waals surface area contributed by atoms with Crippen LogP contribution >= 0.6 is 0 Å². The highest BCUT2D eigenvalue weighted by molar-refractivity contribution is 6.05. The van der Waals surface area contributed by atoms with Crippen molar-refractivity contribution in [2.45, 2.75) is 65.1 Å². The summed E-state index contributed by atoms with van der Waals surface area (Å²) in [4.78, 5) is 17.8. The molecule has 1 fully saturated rings. The molecule has 0 spiro atoms. The average molecular weight is 366 g/mol. The maximum Gasteiger partial charge on any atom is 0.252 e. The first-order valence-electron chi connectivity index (χ1n) is 9.72. The largest absolute Gasteiger partial charge is 0.348 e. The maximum absolute atomic E-state index is 13.0. The molecule has 3 aromatic rings. The van der Waals surface area contributed by atoms with Crippen molar-refractivity contribution in [3.8, 4) is 0 Å². The van der Waals surface area contributed by atoms with Crippen LogP contribution < -0.4 is 5.32 Å². The second-order valence-electron chi connectivity index (χ2n) is 7.53. The van der Waals surface area contributed by atoms with Gasteiger partial charge in [-0.2, -0.15) is 10.2 Å². The van der Waals surface area contributed by atoms with Crippen LogP contribution in [0.2, 0.25) is 0 Å². The number of rotatable bonds is 7. The summed E-state index contributed by atoms with van der Waals surface area (Å²) >= 11 is 0. The van der Waals surface area contributed by atoms with Gasteiger partial charge >= 0.3 is 0 Å². The van der Waals surface area contributed by atoms with E-state index in [1.54, 1.807) is 6.20 Å². The normalized spacial score (nSPS) is 15.2. The van der Waals surface area contributed by atoms with Gasteiger partial charge in [0.25, 0.3) is 5.91 Å². The van der Waals surface area contributed by atoms with E-state index < -0.39 is 0 Å². The van der Waals surface area contributed by atoms with E-state index in [9.17, 15) is 4.79 Å². The number of hydrogen-bond acceptors (Lipinski definition) is 4. The summed E-state index contributed by atoms with van der Waals surface area (Å²) in [7, 11) is 0. The van der Waals surface area contributed by atoms with Crippen LogP contribution in [0.1, 0.15) is 60.8 Å². The molecule has 4 rings (SSSR count). The van der Waals surface area contributed by atoms with Crippen LogP contribution in [0.5, 0.6) is 0 Å². The zero-order chi connectivity index (χ0) is 19.0. The van der Waals surface area contributed by atoms with Gasteiger partial charge in [0, 0.05) is 30.4 Å². The molecule has 7 heteroatoms. The van der Waals surface area contributed by atoms with Gasteiger partial charge in [-0.1, -0.05) is 6.92 Å². The molecular weight excluding hydrogens is 340 g/mol. The Labute approximate surface area is 158 Å². The second kappa shape index (κ2) is 7.13. The second-order valence-corrected chi connectivity index (χ2v) is 7.53. The Hall–Kier alpha value is -2.70. The lowest BCUT2D eigenvalue weighted by Gasteiger charge is -2.15.